The van der Waals surface area contributed by atoms with E-state index in [9.17, 15) is 4.79 Å². The number of nitrogens with one attached hydrogen (secondary N) is 1. The Bertz CT molecular complexity index is 482. The molecular formula is C14H20N4O2. The van der Waals surface area contributed by atoms with Crippen molar-refractivity contribution in [1.82, 2.24) is 15.3 Å². The van der Waals surface area contributed by atoms with Crippen molar-refractivity contribution in [2.24, 2.45) is 5.92 Å². The molecule has 1 aromatic heterocycles. The average Bonchev–Trinajstić information content (AvgIpc) is 3.33. The zero-order valence-electron chi connectivity index (χ0n) is 11.7. The summed E-state index contributed by atoms with van der Waals surface area (Å²) >= 11 is 0. The van der Waals surface area contributed by atoms with Gasteiger partial charge in [0.05, 0.1) is 7.11 Å². The van der Waals surface area contributed by atoms with Gasteiger partial charge in [-0.15, -0.1) is 0 Å². The van der Waals surface area contributed by atoms with Crippen LogP contribution in [0.1, 0.15) is 25.7 Å². The fourth-order valence-corrected chi connectivity index (χ4v) is 2.53. The lowest BCUT2D eigenvalue weighted by Gasteiger charge is -2.33. The van der Waals surface area contributed by atoms with Crippen LogP contribution >= 0.6 is 0 Å². The normalized spacial score (nSPS) is 19.8. The van der Waals surface area contributed by atoms with Crippen molar-refractivity contribution < 1.29 is 9.53 Å². The number of ether oxygens (including phenoxy) is 1. The predicted octanol–water partition coefficient (Wildman–Crippen LogP) is 0.980. The Kier molecular flexibility index (Phi) is 3.71. The van der Waals surface area contributed by atoms with Crippen LogP contribution in [0.15, 0.2) is 12.4 Å². The van der Waals surface area contributed by atoms with Gasteiger partial charge in [-0.05, 0) is 25.7 Å². The second-order valence-corrected chi connectivity index (χ2v) is 5.46. The number of rotatable bonds is 4. The first-order valence-corrected chi connectivity index (χ1v) is 7.17. The number of hydrogen-bond donors (Lipinski definition) is 1. The summed E-state index contributed by atoms with van der Waals surface area (Å²) in [4.78, 5) is 22.3. The quantitative estimate of drug-likeness (QED) is 0.888. The van der Waals surface area contributed by atoms with Crippen LogP contribution in [0.5, 0.6) is 5.88 Å². The van der Waals surface area contributed by atoms with E-state index in [1.807, 2.05) is 6.07 Å². The Labute approximate surface area is 118 Å². The molecule has 0 unspecified atom stereocenters. The van der Waals surface area contributed by atoms with Crippen molar-refractivity contribution in [2.75, 3.05) is 25.1 Å². The Balaban J connectivity index is 1.53. The second kappa shape index (κ2) is 5.64. The molecule has 0 aromatic carbocycles. The van der Waals surface area contributed by atoms with Crippen molar-refractivity contribution in [3.8, 4) is 5.88 Å². The fraction of sp³-hybridized carbons (Fsp3) is 0.643. The highest BCUT2D eigenvalue weighted by molar-refractivity contribution is 5.81. The maximum Gasteiger partial charge on any atom is 0.223 e. The minimum atomic E-state index is 0.243. The van der Waals surface area contributed by atoms with Crippen LogP contribution in [0.3, 0.4) is 0 Å². The summed E-state index contributed by atoms with van der Waals surface area (Å²) in [5, 5.41) is 3.15. The van der Waals surface area contributed by atoms with Crippen LogP contribution in [-0.4, -0.2) is 42.1 Å². The van der Waals surface area contributed by atoms with E-state index in [0.717, 1.165) is 44.6 Å². The van der Waals surface area contributed by atoms with Gasteiger partial charge in [0.15, 0.2) is 0 Å². The number of amides is 1. The third-order valence-electron chi connectivity index (χ3n) is 3.95. The van der Waals surface area contributed by atoms with Gasteiger partial charge in [-0.1, -0.05) is 0 Å². The van der Waals surface area contributed by atoms with Gasteiger partial charge >= 0.3 is 0 Å². The second-order valence-electron chi connectivity index (χ2n) is 5.46. The number of nitrogens with zero attached hydrogens (tertiary/aromatic N) is 3. The minimum Gasteiger partial charge on any atom is -0.481 e. The van der Waals surface area contributed by atoms with E-state index in [1.54, 1.807) is 7.11 Å². The molecule has 0 atom stereocenters. The average molecular weight is 276 g/mol. The molecule has 20 heavy (non-hydrogen) atoms. The van der Waals surface area contributed by atoms with Crippen molar-refractivity contribution in [2.45, 2.75) is 31.7 Å². The third kappa shape index (κ3) is 3.00. The number of carbonyl (C=O) groups is 1. The monoisotopic (exact) mass is 276 g/mol. The summed E-state index contributed by atoms with van der Waals surface area (Å²) in [5.74, 6) is 2.01. The Morgan fingerprint density at radius 3 is 2.70 bits per heavy atom. The topological polar surface area (TPSA) is 67.3 Å². The molecule has 108 valence electrons. The summed E-state index contributed by atoms with van der Waals surface area (Å²) in [6.45, 7) is 1.80. The molecule has 0 radical (unpaired) electrons. The van der Waals surface area contributed by atoms with Crippen molar-refractivity contribution in [3.63, 3.8) is 0 Å². The maximum absolute atomic E-state index is 11.7. The summed E-state index contributed by atoms with van der Waals surface area (Å²) in [5.41, 5.74) is 0. The lowest BCUT2D eigenvalue weighted by atomic mass is 10.0. The minimum absolute atomic E-state index is 0.243. The highest BCUT2D eigenvalue weighted by Gasteiger charge is 2.31. The molecule has 0 spiro atoms. The highest BCUT2D eigenvalue weighted by atomic mass is 16.5. The molecule has 1 amide bonds. The Morgan fingerprint density at radius 2 is 2.05 bits per heavy atom. The third-order valence-corrected chi connectivity index (χ3v) is 3.95. The summed E-state index contributed by atoms with van der Waals surface area (Å²) in [7, 11) is 1.60. The first-order chi connectivity index (χ1) is 9.76. The molecule has 3 rings (SSSR count). The molecule has 2 heterocycles. The Morgan fingerprint density at radius 1 is 1.30 bits per heavy atom. The number of aromatic nitrogens is 2. The van der Waals surface area contributed by atoms with Crippen LogP contribution < -0.4 is 15.0 Å². The van der Waals surface area contributed by atoms with Gasteiger partial charge in [0.2, 0.25) is 11.8 Å². The number of anilines is 1. The van der Waals surface area contributed by atoms with Crippen LogP contribution in [0.4, 0.5) is 5.82 Å². The largest absolute Gasteiger partial charge is 0.481 e. The van der Waals surface area contributed by atoms with E-state index < -0.39 is 0 Å². The van der Waals surface area contributed by atoms with Crippen molar-refractivity contribution >= 4 is 11.7 Å². The number of methoxy groups -OCH3 is 1. The van der Waals surface area contributed by atoms with Crippen LogP contribution in [0.2, 0.25) is 0 Å². The molecule has 1 aliphatic heterocycles. The van der Waals surface area contributed by atoms with Crippen LogP contribution in [0.25, 0.3) is 0 Å². The smallest absolute Gasteiger partial charge is 0.223 e. The summed E-state index contributed by atoms with van der Waals surface area (Å²) in [6, 6.07) is 2.16. The predicted molar refractivity (Wildman–Crippen MR) is 74.7 cm³/mol. The standard InChI is InChI=1S/C14H20N4O2/c1-20-13-8-12(15-9-16-13)18-6-4-11(5-7-18)17-14(19)10-2-3-10/h8-11H,2-7H2,1H3,(H,17,19). The molecule has 1 aromatic rings. The van der Waals surface area contributed by atoms with Crippen LogP contribution in [0, 0.1) is 5.92 Å². The SMILES string of the molecule is COc1cc(N2CCC(NC(=O)C3CC3)CC2)ncn1. The van der Waals surface area contributed by atoms with Gasteiger partial charge in [0, 0.05) is 31.1 Å². The van der Waals surface area contributed by atoms with E-state index in [4.69, 9.17) is 4.74 Å². The number of piperidine rings is 1. The molecular weight excluding hydrogens is 256 g/mol. The van der Waals surface area contributed by atoms with Gasteiger partial charge in [0.1, 0.15) is 12.1 Å². The van der Waals surface area contributed by atoms with Gasteiger partial charge < -0.3 is 15.0 Å². The molecule has 1 N–H and O–H groups in total. The van der Waals surface area contributed by atoms with Crippen LogP contribution in [-0.2, 0) is 4.79 Å². The lowest BCUT2D eigenvalue weighted by molar-refractivity contribution is -0.123. The molecule has 2 fully saturated rings. The van der Waals surface area contributed by atoms with E-state index in [1.165, 1.54) is 6.33 Å². The zero-order valence-corrected chi connectivity index (χ0v) is 11.7. The summed E-state index contributed by atoms with van der Waals surface area (Å²) < 4.78 is 5.12. The zero-order chi connectivity index (χ0) is 13.9. The maximum atomic E-state index is 11.7. The molecule has 1 saturated heterocycles. The van der Waals surface area contributed by atoms with Gasteiger partial charge in [-0.25, -0.2) is 9.97 Å². The number of carbonyl (C=O) groups excluding carboxylic acids is 1. The van der Waals surface area contributed by atoms with Gasteiger partial charge in [-0.3, -0.25) is 4.79 Å². The van der Waals surface area contributed by atoms with E-state index in [-0.39, 0.29) is 5.91 Å². The molecule has 0 bridgehead atoms. The van der Waals surface area contributed by atoms with Crippen molar-refractivity contribution in [3.05, 3.63) is 12.4 Å². The molecule has 1 saturated carbocycles. The molecule has 6 nitrogen and oxygen atoms in total. The fourth-order valence-electron chi connectivity index (χ4n) is 2.53. The summed E-state index contributed by atoms with van der Waals surface area (Å²) in [6.07, 6.45) is 5.57. The lowest BCUT2D eigenvalue weighted by Crippen LogP contribution is -2.45. The van der Waals surface area contributed by atoms with Gasteiger partial charge in [-0.2, -0.15) is 0 Å². The number of hydrogen-bond acceptors (Lipinski definition) is 5. The van der Waals surface area contributed by atoms with Gasteiger partial charge in [0.25, 0.3) is 0 Å². The van der Waals surface area contributed by atoms with E-state index in [2.05, 4.69) is 20.2 Å². The van der Waals surface area contributed by atoms with E-state index in [0.29, 0.717) is 17.8 Å². The first kappa shape index (κ1) is 13.1. The molecule has 1 aliphatic carbocycles. The Hall–Kier alpha value is -1.85. The van der Waals surface area contributed by atoms with E-state index >= 15 is 0 Å². The highest BCUT2D eigenvalue weighted by Crippen LogP contribution is 2.29. The molecule has 2 aliphatic rings. The van der Waals surface area contributed by atoms with Crippen molar-refractivity contribution in [1.29, 1.82) is 0 Å². The molecule has 6 heteroatoms. The first-order valence-electron chi connectivity index (χ1n) is 7.17.